The maximum atomic E-state index is 2.36. The highest BCUT2D eigenvalue weighted by atomic mass is 32.1. The van der Waals surface area contributed by atoms with Crippen LogP contribution >= 0.6 is 22.7 Å². The fraction of sp³-hybridized carbons (Fsp3) is 0.0164. The molecular formula is C61H38S2. The van der Waals surface area contributed by atoms with E-state index in [2.05, 4.69) is 231 Å². The van der Waals surface area contributed by atoms with Gasteiger partial charge in [0.15, 0.2) is 0 Å². The summed E-state index contributed by atoms with van der Waals surface area (Å²) >= 11 is 3.77. The van der Waals surface area contributed by atoms with E-state index >= 15 is 0 Å². The summed E-state index contributed by atoms with van der Waals surface area (Å²) in [4.78, 5) is 0. The van der Waals surface area contributed by atoms with E-state index in [-0.39, 0.29) is 0 Å². The molecule has 1 aliphatic rings. The van der Waals surface area contributed by atoms with Gasteiger partial charge in [-0.2, -0.15) is 0 Å². The SMILES string of the molecule is c1ccc2c(c1)-c1ccccc1C2(c1ccc(-c2ccc(-c3cccc4c3sc3ccccc34)cc2)cc1)c1ccc(-c2ccc(-c3cccc4c3sc3ccccc34)cc2)cc1. The van der Waals surface area contributed by atoms with Crippen molar-refractivity contribution in [1.82, 2.24) is 0 Å². The van der Waals surface area contributed by atoms with Crippen LogP contribution in [0.4, 0.5) is 0 Å². The molecule has 2 heteroatoms. The summed E-state index contributed by atoms with van der Waals surface area (Å²) in [5.41, 5.74) is 17.2. The first-order valence-electron chi connectivity index (χ1n) is 21.6. The summed E-state index contributed by atoms with van der Waals surface area (Å²) in [5, 5.41) is 5.33. The quantitative estimate of drug-likeness (QED) is 0.157. The van der Waals surface area contributed by atoms with Crippen molar-refractivity contribution in [3.63, 3.8) is 0 Å². The van der Waals surface area contributed by atoms with Gasteiger partial charge < -0.3 is 0 Å². The van der Waals surface area contributed by atoms with Gasteiger partial charge in [-0.25, -0.2) is 0 Å². The van der Waals surface area contributed by atoms with Crippen LogP contribution in [0.3, 0.4) is 0 Å². The normalized spacial score (nSPS) is 12.9. The van der Waals surface area contributed by atoms with Crippen molar-refractivity contribution < 1.29 is 0 Å². The topological polar surface area (TPSA) is 0 Å². The maximum absolute atomic E-state index is 2.36. The van der Waals surface area contributed by atoms with Gasteiger partial charge >= 0.3 is 0 Å². The molecule has 0 saturated carbocycles. The Kier molecular flexibility index (Phi) is 8.27. The number of thiophene rings is 2. The van der Waals surface area contributed by atoms with Gasteiger partial charge in [-0.15, -0.1) is 22.7 Å². The Morgan fingerprint density at radius 1 is 0.238 bits per heavy atom. The first-order chi connectivity index (χ1) is 31.2. The van der Waals surface area contributed by atoms with Gasteiger partial charge in [0.25, 0.3) is 0 Å². The lowest BCUT2D eigenvalue weighted by atomic mass is 9.67. The molecule has 10 aromatic carbocycles. The molecule has 0 N–H and O–H groups in total. The van der Waals surface area contributed by atoms with E-state index in [1.165, 1.54) is 118 Å². The third kappa shape index (κ3) is 5.59. The number of benzene rings is 10. The predicted octanol–water partition coefficient (Wildman–Crippen LogP) is 17.5. The summed E-state index contributed by atoms with van der Waals surface area (Å²) in [6.07, 6.45) is 0. The van der Waals surface area contributed by atoms with E-state index in [1.807, 2.05) is 22.7 Å². The van der Waals surface area contributed by atoms with Crippen molar-refractivity contribution in [2.75, 3.05) is 0 Å². The highest BCUT2D eigenvalue weighted by molar-refractivity contribution is 7.26. The summed E-state index contributed by atoms with van der Waals surface area (Å²) in [6, 6.07) is 85.9. The van der Waals surface area contributed by atoms with Gasteiger partial charge in [0.2, 0.25) is 0 Å². The molecule has 0 unspecified atom stereocenters. The van der Waals surface area contributed by atoms with Crippen molar-refractivity contribution in [2.24, 2.45) is 0 Å². The molecule has 0 fully saturated rings. The van der Waals surface area contributed by atoms with Crippen LogP contribution in [-0.2, 0) is 5.41 Å². The minimum atomic E-state index is -0.468. The second-order valence-corrected chi connectivity index (χ2v) is 18.8. The van der Waals surface area contributed by atoms with Crippen molar-refractivity contribution in [3.05, 3.63) is 253 Å². The second-order valence-electron chi connectivity index (χ2n) is 16.7. The zero-order chi connectivity index (χ0) is 41.5. The Labute approximate surface area is 374 Å². The lowest BCUT2D eigenvalue weighted by molar-refractivity contribution is 0.769. The fourth-order valence-electron chi connectivity index (χ4n) is 10.5. The molecule has 2 aromatic heterocycles. The molecule has 0 radical (unpaired) electrons. The Morgan fingerprint density at radius 2 is 0.556 bits per heavy atom. The highest BCUT2D eigenvalue weighted by Gasteiger charge is 2.45. The van der Waals surface area contributed by atoms with Crippen LogP contribution in [0.25, 0.3) is 96.0 Å². The molecule has 294 valence electrons. The zero-order valence-corrected chi connectivity index (χ0v) is 35.9. The van der Waals surface area contributed by atoms with Crippen molar-refractivity contribution >= 4 is 63.0 Å². The van der Waals surface area contributed by atoms with Gasteiger partial charge in [0.05, 0.1) is 5.41 Å². The maximum Gasteiger partial charge on any atom is 0.0713 e. The molecule has 0 atom stereocenters. The first-order valence-corrected chi connectivity index (χ1v) is 23.3. The minimum absolute atomic E-state index is 0.468. The standard InChI is InChI=1S/C61H38S2/c1-5-19-55-49(11-1)50-12-2-6-20-56(50)61(55,45-35-31-41(32-36-45)39-23-27-43(28-24-39)47-15-9-17-53-51-13-3-7-21-57(51)62-59(47)53)46-37-33-42(34-38-46)40-25-29-44(30-26-40)48-16-10-18-54-52-14-4-8-22-58(52)63-60(48)54/h1-38H. The van der Waals surface area contributed by atoms with Crippen LogP contribution in [0.2, 0.25) is 0 Å². The van der Waals surface area contributed by atoms with Crippen LogP contribution in [-0.4, -0.2) is 0 Å². The van der Waals surface area contributed by atoms with Crippen molar-refractivity contribution in [3.8, 4) is 55.6 Å². The average molecular weight is 835 g/mol. The zero-order valence-electron chi connectivity index (χ0n) is 34.3. The molecule has 0 amide bonds. The van der Waals surface area contributed by atoms with Crippen LogP contribution in [0, 0.1) is 0 Å². The van der Waals surface area contributed by atoms with E-state index < -0.39 is 5.41 Å². The summed E-state index contributed by atoms with van der Waals surface area (Å²) < 4.78 is 5.36. The van der Waals surface area contributed by atoms with Gasteiger partial charge in [-0.1, -0.05) is 218 Å². The molecule has 2 heterocycles. The molecular weight excluding hydrogens is 797 g/mol. The largest absolute Gasteiger partial charge is 0.135 e. The van der Waals surface area contributed by atoms with E-state index in [4.69, 9.17) is 0 Å². The molecule has 0 bridgehead atoms. The molecule has 0 saturated heterocycles. The average Bonchev–Trinajstić information content (AvgIpc) is 4.03. The Bertz CT molecular complexity index is 3450. The molecule has 0 nitrogen and oxygen atoms in total. The lowest BCUT2D eigenvalue weighted by Crippen LogP contribution is -2.28. The van der Waals surface area contributed by atoms with Crippen LogP contribution in [0.1, 0.15) is 22.3 Å². The van der Waals surface area contributed by atoms with E-state index in [0.717, 1.165) is 0 Å². The summed E-state index contributed by atoms with van der Waals surface area (Å²) in [6.45, 7) is 0. The number of hydrogen-bond acceptors (Lipinski definition) is 2. The molecule has 13 rings (SSSR count). The van der Waals surface area contributed by atoms with Crippen LogP contribution in [0.5, 0.6) is 0 Å². The van der Waals surface area contributed by atoms with Crippen LogP contribution < -0.4 is 0 Å². The smallest absolute Gasteiger partial charge is 0.0713 e. The molecule has 12 aromatic rings. The van der Waals surface area contributed by atoms with E-state index in [0.29, 0.717) is 0 Å². The Hall–Kier alpha value is -7.36. The van der Waals surface area contributed by atoms with Gasteiger partial charge in [-0.05, 0) is 90.0 Å². The van der Waals surface area contributed by atoms with Gasteiger partial charge in [0, 0.05) is 40.3 Å². The second kappa shape index (κ2) is 14.4. The van der Waals surface area contributed by atoms with E-state index in [1.54, 1.807) is 0 Å². The Morgan fingerprint density at radius 3 is 0.984 bits per heavy atom. The molecule has 0 aliphatic heterocycles. The summed E-state index contributed by atoms with van der Waals surface area (Å²) in [5.74, 6) is 0. The van der Waals surface area contributed by atoms with E-state index in [9.17, 15) is 0 Å². The first kappa shape index (κ1) is 36.3. The Balaban J connectivity index is 0.860. The fourth-order valence-corrected chi connectivity index (χ4v) is 13.0. The predicted molar refractivity (Wildman–Crippen MR) is 271 cm³/mol. The molecule has 1 aliphatic carbocycles. The third-order valence-corrected chi connectivity index (χ3v) is 15.9. The monoisotopic (exact) mass is 834 g/mol. The number of fused-ring (bicyclic) bond motifs is 9. The van der Waals surface area contributed by atoms with Crippen molar-refractivity contribution in [1.29, 1.82) is 0 Å². The van der Waals surface area contributed by atoms with Gasteiger partial charge in [0.1, 0.15) is 0 Å². The van der Waals surface area contributed by atoms with Crippen molar-refractivity contribution in [2.45, 2.75) is 5.41 Å². The third-order valence-electron chi connectivity index (χ3n) is 13.5. The molecule has 0 spiro atoms. The lowest BCUT2D eigenvalue weighted by Gasteiger charge is -2.34. The molecule has 63 heavy (non-hydrogen) atoms. The number of hydrogen-bond donors (Lipinski definition) is 0. The number of rotatable bonds is 6. The highest BCUT2D eigenvalue weighted by Crippen LogP contribution is 2.56. The van der Waals surface area contributed by atoms with Gasteiger partial charge in [-0.3, -0.25) is 0 Å². The van der Waals surface area contributed by atoms with Crippen LogP contribution in [0.15, 0.2) is 231 Å². The minimum Gasteiger partial charge on any atom is -0.135 e. The summed E-state index contributed by atoms with van der Waals surface area (Å²) in [7, 11) is 0.